The lowest BCUT2D eigenvalue weighted by atomic mass is 9.91. The second-order valence-corrected chi connectivity index (χ2v) is 14.1. The number of methoxy groups -OCH3 is 1. The van der Waals surface area contributed by atoms with E-state index in [9.17, 15) is 4.79 Å². The zero-order chi connectivity index (χ0) is 23.8. The molecule has 0 aliphatic heterocycles. The van der Waals surface area contributed by atoms with Gasteiger partial charge in [-0.1, -0.05) is 32.0 Å². The van der Waals surface area contributed by atoms with Crippen LogP contribution in [0.15, 0.2) is 35.0 Å². The molecular weight excluding hydrogens is 426 g/mol. The van der Waals surface area contributed by atoms with Crippen molar-refractivity contribution in [3.63, 3.8) is 0 Å². The second-order valence-electron chi connectivity index (χ2n) is 9.39. The van der Waals surface area contributed by atoms with E-state index in [2.05, 4.69) is 50.0 Å². The van der Waals surface area contributed by atoms with Crippen molar-refractivity contribution in [3.8, 4) is 11.5 Å². The van der Waals surface area contributed by atoms with Crippen LogP contribution in [-0.2, 0) is 9.16 Å². The Morgan fingerprint density at radius 3 is 2.66 bits per heavy atom. The van der Waals surface area contributed by atoms with Gasteiger partial charge in [-0.3, -0.25) is 4.79 Å². The molecule has 0 N–H and O–H groups in total. The Kier molecular flexibility index (Phi) is 9.33. The van der Waals surface area contributed by atoms with Crippen molar-refractivity contribution >= 4 is 14.6 Å². The third-order valence-electron chi connectivity index (χ3n) is 6.07. The van der Waals surface area contributed by atoms with Crippen molar-refractivity contribution in [2.75, 3.05) is 20.4 Å². The number of carbonyl (C=O) groups excluding carboxylic acids is 1. The summed E-state index contributed by atoms with van der Waals surface area (Å²) >= 11 is 0. The summed E-state index contributed by atoms with van der Waals surface area (Å²) < 4.78 is 24.0. The van der Waals surface area contributed by atoms with E-state index in [1.54, 1.807) is 25.3 Å². The molecule has 1 aromatic rings. The summed E-state index contributed by atoms with van der Waals surface area (Å²) in [6.07, 6.45) is 4.65. The molecule has 8 nitrogen and oxygen atoms in total. The normalized spacial score (nSPS) is 19.0. The SMILES string of the molecule is COCOc1ccc(C=O)cc1O[C@H]1C(CCN=[N+]=[N-])=CCC[C@@H]1O[Si](C)(C)C(C)(C)C. The quantitative estimate of drug-likeness (QED) is 0.0760. The Hall–Kier alpha value is -2.32. The average molecular weight is 462 g/mol. The van der Waals surface area contributed by atoms with Crippen molar-refractivity contribution < 1.29 is 23.4 Å². The minimum Gasteiger partial charge on any atom is -0.479 e. The first kappa shape index (κ1) is 25.9. The van der Waals surface area contributed by atoms with Gasteiger partial charge in [-0.05, 0) is 66.7 Å². The lowest BCUT2D eigenvalue weighted by molar-refractivity contribution is 0.0349. The van der Waals surface area contributed by atoms with Crippen molar-refractivity contribution in [1.82, 2.24) is 0 Å². The number of carbonyl (C=O) groups is 1. The summed E-state index contributed by atoms with van der Waals surface area (Å²) in [5.41, 5.74) is 10.2. The number of nitrogens with zero attached hydrogens (tertiary/aromatic N) is 3. The number of rotatable bonds is 11. The van der Waals surface area contributed by atoms with Gasteiger partial charge < -0.3 is 18.6 Å². The molecule has 0 unspecified atom stereocenters. The molecule has 1 aromatic carbocycles. The van der Waals surface area contributed by atoms with Crippen LogP contribution in [0.5, 0.6) is 11.5 Å². The third-order valence-corrected chi connectivity index (χ3v) is 10.6. The van der Waals surface area contributed by atoms with Crippen LogP contribution in [0.4, 0.5) is 0 Å². The van der Waals surface area contributed by atoms with Crippen LogP contribution in [0.3, 0.4) is 0 Å². The summed E-state index contributed by atoms with van der Waals surface area (Å²) in [6, 6.07) is 5.04. The van der Waals surface area contributed by atoms with Crippen LogP contribution in [0.2, 0.25) is 18.1 Å². The highest BCUT2D eigenvalue weighted by molar-refractivity contribution is 6.74. The van der Waals surface area contributed by atoms with Crippen LogP contribution in [0.25, 0.3) is 10.4 Å². The van der Waals surface area contributed by atoms with Gasteiger partial charge in [0.05, 0.1) is 6.10 Å². The van der Waals surface area contributed by atoms with Crippen LogP contribution in [-0.4, -0.2) is 47.3 Å². The fourth-order valence-electron chi connectivity index (χ4n) is 3.30. The number of hydrogen-bond acceptors (Lipinski definition) is 6. The van der Waals surface area contributed by atoms with Gasteiger partial charge in [0.1, 0.15) is 12.4 Å². The molecule has 0 bridgehead atoms. The molecule has 0 fully saturated rings. The van der Waals surface area contributed by atoms with E-state index in [-0.39, 0.29) is 24.0 Å². The number of allylic oxidation sites excluding steroid dienone is 1. The minimum atomic E-state index is -2.07. The highest BCUT2D eigenvalue weighted by Crippen LogP contribution is 2.41. The molecule has 0 aromatic heterocycles. The number of benzene rings is 1. The monoisotopic (exact) mass is 461 g/mol. The van der Waals surface area contributed by atoms with E-state index in [1.807, 2.05) is 0 Å². The van der Waals surface area contributed by atoms with E-state index >= 15 is 0 Å². The summed E-state index contributed by atoms with van der Waals surface area (Å²) in [7, 11) is -0.525. The van der Waals surface area contributed by atoms with Gasteiger partial charge in [-0.2, -0.15) is 0 Å². The predicted molar refractivity (Wildman–Crippen MR) is 127 cm³/mol. The highest BCUT2D eigenvalue weighted by atomic mass is 28.4. The molecule has 0 radical (unpaired) electrons. The maximum absolute atomic E-state index is 11.4. The largest absolute Gasteiger partial charge is 0.479 e. The molecule has 0 amide bonds. The van der Waals surface area contributed by atoms with Crippen LogP contribution in [0.1, 0.15) is 50.4 Å². The molecular formula is C23H35N3O5Si. The van der Waals surface area contributed by atoms with Gasteiger partial charge in [0.2, 0.25) is 0 Å². The van der Waals surface area contributed by atoms with Crippen LogP contribution >= 0.6 is 0 Å². The molecule has 176 valence electrons. The Bertz CT molecular complexity index is 860. The first-order chi connectivity index (χ1) is 15.1. The summed E-state index contributed by atoms with van der Waals surface area (Å²) in [5, 5.41) is 3.75. The van der Waals surface area contributed by atoms with Gasteiger partial charge in [0, 0.05) is 24.1 Å². The first-order valence-electron chi connectivity index (χ1n) is 10.9. The van der Waals surface area contributed by atoms with E-state index < -0.39 is 8.32 Å². The van der Waals surface area contributed by atoms with Gasteiger partial charge in [-0.15, -0.1) is 0 Å². The first-order valence-corrected chi connectivity index (χ1v) is 13.8. The molecule has 0 saturated carbocycles. The van der Waals surface area contributed by atoms with Crippen LogP contribution < -0.4 is 9.47 Å². The second kappa shape index (κ2) is 11.5. The van der Waals surface area contributed by atoms with Gasteiger partial charge in [0.25, 0.3) is 0 Å². The Labute approximate surface area is 191 Å². The topological polar surface area (TPSA) is 103 Å². The highest BCUT2D eigenvalue weighted by Gasteiger charge is 2.42. The fourth-order valence-corrected chi connectivity index (χ4v) is 4.66. The summed E-state index contributed by atoms with van der Waals surface area (Å²) in [5.74, 6) is 0.945. The molecule has 1 aliphatic rings. The molecule has 0 saturated heterocycles. The van der Waals surface area contributed by atoms with Crippen molar-refractivity contribution in [1.29, 1.82) is 0 Å². The van der Waals surface area contributed by atoms with E-state index in [1.165, 1.54) is 0 Å². The molecule has 32 heavy (non-hydrogen) atoms. The van der Waals surface area contributed by atoms with Gasteiger partial charge in [-0.25, -0.2) is 0 Å². The lowest BCUT2D eigenvalue weighted by Crippen LogP contribution is -2.49. The summed E-state index contributed by atoms with van der Waals surface area (Å²) in [4.78, 5) is 14.2. The van der Waals surface area contributed by atoms with E-state index in [0.717, 1.165) is 24.7 Å². The number of hydrogen-bond donors (Lipinski definition) is 0. The van der Waals surface area contributed by atoms with Gasteiger partial charge >= 0.3 is 0 Å². The van der Waals surface area contributed by atoms with Gasteiger partial charge in [0.15, 0.2) is 26.6 Å². The van der Waals surface area contributed by atoms with Crippen LogP contribution in [0, 0.1) is 0 Å². The Morgan fingerprint density at radius 1 is 1.28 bits per heavy atom. The lowest BCUT2D eigenvalue weighted by Gasteiger charge is -2.43. The molecule has 9 heteroatoms. The molecule has 2 rings (SSSR count). The zero-order valence-corrected chi connectivity index (χ0v) is 21.0. The summed E-state index contributed by atoms with van der Waals surface area (Å²) in [6.45, 7) is 11.5. The average Bonchev–Trinajstić information content (AvgIpc) is 2.73. The van der Waals surface area contributed by atoms with Crippen molar-refractivity contribution in [2.24, 2.45) is 5.11 Å². The fraction of sp³-hybridized carbons (Fsp3) is 0.609. The number of aldehydes is 1. The predicted octanol–water partition coefficient (Wildman–Crippen LogP) is 6.04. The Balaban J connectivity index is 2.41. The maximum Gasteiger partial charge on any atom is 0.192 e. The molecule has 0 spiro atoms. The van der Waals surface area contributed by atoms with E-state index in [0.29, 0.717) is 30.0 Å². The zero-order valence-electron chi connectivity index (χ0n) is 20.0. The number of azide groups is 1. The minimum absolute atomic E-state index is 0.0497. The van der Waals surface area contributed by atoms with E-state index in [4.69, 9.17) is 24.2 Å². The number of ether oxygens (including phenoxy) is 3. The Morgan fingerprint density at radius 2 is 2.03 bits per heavy atom. The third kappa shape index (κ3) is 6.84. The molecule has 1 aliphatic carbocycles. The molecule has 2 atom stereocenters. The van der Waals surface area contributed by atoms with Crippen molar-refractivity contribution in [3.05, 3.63) is 45.9 Å². The van der Waals surface area contributed by atoms with Crippen molar-refractivity contribution in [2.45, 2.75) is 70.4 Å². The molecule has 0 heterocycles. The maximum atomic E-state index is 11.4. The smallest absolute Gasteiger partial charge is 0.192 e. The standard InChI is InChI=1S/C23H35N3O5Si/c1-23(2,3)32(5,6)31-20-9-7-8-18(12-13-25-26-24)22(20)30-21-14-17(15-27)10-11-19(21)29-16-28-4/h8,10-11,14-15,20,22H,7,9,12-13,16H2,1-6H3/t20-,22-/m0/s1.